The molecule has 1 saturated heterocycles. The van der Waals surface area contributed by atoms with E-state index in [4.69, 9.17) is 0 Å². The number of rotatable bonds is 3. The summed E-state index contributed by atoms with van der Waals surface area (Å²) < 4.78 is 2.72. The highest BCUT2D eigenvalue weighted by Gasteiger charge is 2.17. The fraction of sp³-hybridized carbons (Fsp3) is 0.333. The zero-order valence-corrected chi connectivity index (χ0v) is 13.1. The van der Waals surface area contributed by atoms with Crippen LogP contribution in [0.4, 0.5) is 0 Å². The second-order valence-electron chi connectivity index (χ2n) is 5.17. The lowest BCUT2D eigenvalue weighted by Gasteiger charge is -2.23. The van der Waals surface area contributed by atoms with Crippen LogP contribution < -0.4 is 10.6 Å². The van der Waals surface area contributed by atoms with E-state index in [9.17, 15) is 4.79 Å². The third-order valence-corrected chi connectivity index (χ3v) is 4.10. The van der Waals surface area contributed by atoms with Gasteiger partial charge in [-0.25, -0.2) is 4.68 Å². The van der Waals surface area contributed by atoms with Gasteiger partial charge in [0, 0.05) is 23.3 Å². The number of aromatic nitrogens is 2. The third kappa shape index (κ3) is 3.51. The Morgan fingerprint density at radius 3 is 2.90 bits per heavy atom. The van der Waals surface area contributed by atoms with Gasteiger partial charge in [0.25, 0.3) is 5.91 Å². The largest absolute Gasteiger partial charge is 0.348 e. The van der Waals surface area contributed by atoms with Gasteiger partial charge in [-0.2, -0.15) is 5.10 Å². The smallest absolute Gasteiger partial charge is 0.254 e. The van der Waals surface area contributed by atoms with Crippen molar-refractivity contribution < 1.29 is 4.79 Å². The molecule has 1 atom stereocenters. The van der Waals surface area contributed by atoms with Gasteiger partial charge < -0.3 is 10.6 Å². The van der Waals surface area contributed by atoms with Gasteiger partial charge in [0.1, 0.15) is 0 Å². The second kappa shape index (κ2) is 6.41. The molecule has 1 amide bonds. The summed E-state index contributed by atoms with van der Waals surface area (Å²) in [4.78, 5) is 12.2. The van der Waals surface area contributed by atoms with E-state index in [1.807, 2.05) is 24.3 Å². The topological polar surface area (TPSA) is 59.0 Å². The van der Waals surface area contributed by atoms with Gasteiger partial charge in [0.15, 0.2) is 0 Å². The summed E-state index contributed by atoms with van der Waals surface area (Å²) >= 11 is 3.40. The maximum atomic E-state index is 12.2. The minimum atomic E-state index is -0.0629. The van der Waals surface area contributed by atoms with Crippen LogP contribution in [0.1, 0.15) is 23.2 Å². The maximum Gasteiger partial charge on any atom is 0.254 e. The molecule has 2 heterocycles. The zero-order chi connectivity index (χ0) is 14.7. The molecule has 1 aliphatic heterocycles. The van der Waals surface area contributed by atoms with Crippen molar-refractivity contribution in [1.82, 2.24) is 20.4 Å². The first-order chi connectivity index (χ1) is 10.2. The standard InChI is InChI=1S/C15H17BrN4O/c16-12-3-5-14(6-4-12)20-10-11(8-18-20)15(21)19-13-2-1-7-17-9-13/h3-6,8,10,13,17H,1-2,7,9H2,(H,19,21). The number of hydrogen-bond acceptors (Lipinski definition) is 3. The van der Waals surface area contributed by atoms with Gasteiger partial charge in [-0.3, -0.25) is 4.79 Å². The van der Waals surface area contributed by atoms with Crippen molar-refractivity contribution in [3.8, 4) is 5.69 Å². The number of hydrogen-bond donors (Lipinski definition) is 2. The molecule has 1 aromatic heterocycles. The fourth-order valence-electron chi connectivity index (χ4n) is 2.42. The van der Waals surface area contributed by atoms with Crippen LogP contribution in [0.15, 0.2) is 41.1 Å². The molecular formula is C15H17BrN4O. The minimum Gasteiger partial charge on any atom is -0.348 e. The zero-order valence-electron chi connectivity index (χ0n) is 11.6. The monoisotopic (exact) mass is 348 g/mol. The van der Waals surface area contributed by atoms with Gasteiger partial charge in [-0.05, 0) is 43.7 Å². The summed E-state index contributed by atoms with van der Waals surface area (Å²) in [6.45, 7) is 1.88. The summed E-state index contributed by atoms with van der Waals surface area (Å²) in [6.07, 6.45) is 5.49. The molecule has 1 unspecified atom stereocenters. The molecule has 0 bridgehead atoms. The Kier molecular flexibility index (Phi) is 4.36. The molecule has 110 valence electrons. The van der Waals surface area contributed by atoms with Crippen LogP contribution in [0, 0.1) is 0 Å². The molecular weight excluding hydrogens is 332 g/mol. The normalized spacial score (nSPS) is 18.4. The first-order valence-corrected chi connectivity index (χ1v) is 7.84. The van der Waals surface area contributed by atoms with Crippen molar-refractivity contribution in [3.05, 3.63) is 46.7 Å². The highest BCUT2D eigenvalue weighted by Crippen LogP contribution is 2.14. The van der Waals surface area contributed by atoms with E-state index in [1.54, 1.807) is 17.1 Å². The van der Waals surface area contributed by atoms with Crippen molar-refractivity contribution in [2.24, 2.45) is 0 Å². The lowest BCUT2D eigenvalue weighted by molar-refractivity contribution is 0.0930. The van der Waals surface area contributed by atoms with Crippen LogP contribution in [0.25, 0.3) is 5.69 Å². The summed E-state index contributed by atoms with van der Waals surface area (Å²) in [5, 5.41) is 10.6. The van der Waals surface area contributed by atoms with E-state index in [-0.39, 0.29) is 11.9 Å². The first kappa shape index (κ1) is 14.3. The summed E-state index contributed by atoms with van der Waals surface area (Å²) in [6, 6.07) is 8.00. The summed E-state index contributed by atoms with van der Waals surface area (Å²) in [5.41, 5.74) is 1.51. The summed E-state index contributed by atoms with van der Waals surface area (Å²) in [7, 11) is 0. The third-order valence-electron chi connectivity index (χ3n) is 3.57. The average Bonchev–Trinajstić information content (AvgIpc) is 2.99. The molecule has 0 radical (unpaired) electrons. The number of amides is 1. The van der Waals surface area contributed by atoms with Crippen LogP contribution >= 0.6 is 15.9 Å². The molecule has 5 nitrogen and oxygen atoms in total. The van der Waals surface area contributed by atoms with Gasteiger partial charge in [-0.15, -0.1) is 0 Å². The predicted molar refractivity (Wildman–Crippen MR) is 84.6 cm³/mol. The van der Waals surface area contributed by atoms with Crippen molar-refractivity contribution >= 4 is 21.8 Å². The van der Waals surface area contributed by atoms with Gasteiger partial charge >= 0.3 is 0 Å². The molecule has 1 aliphatic rings. The molecule has 1 aromatic carbocycles. The van der Waals surface area contributed by atoms with Crippen LogP contribution in [0.2, 0.25) is 0 Å². The molecule has 0 aliphatic carbocycles. The Labute approximate surface area is 131 Å². The Hall–Kier alpha value is -1.66. The number of halogens is 1. The number of nitrogens with zero attached hydrogens (tertiary/aromatic N) is 2. The van der Waals surface area contributed by atoms with E-state index in [2.05, 4.69) is 31.7 Å². The Morgan fingerprint density at radius 1 is 1.38 bits per heavy atom. The lowest BCUT2D eigenvalue weighted by atomic mass is 10.1. The SMILES string of the molecule is O=C(NC1CCCNC1)c1cnn(-c2ccc(Br)cc2)c1. The van der Waals surface area contributed by atoms with Gasteiger partial charge in [-0.1, -0.05) is 15.9 Å². The maximum absolute atomic E-state index is 12.2. The van der Waals surface area contributed by atoms with E-state index >= 15 is 0 Å². The number of carbonyl (C=O) groups excluding carboxylic acids is 1. The van der Waals surface area contributed by atoms with Crippen LogP contribution in [-0.4, -0.2) is 34.8 Å². The van der Waals surface area contributed by atoms with Gasteiger partial charge in [0.05, 0.1) is 17.4 Å². The number of benzene rings is 1. The highest BCUT2D eigenvalue weighted by atomic mass is 79.9. The average molecular weight is 349 g/mol. The number of piperidine rings is 1. The highest BCUT2D eigenvalue weighted by molar-refractivity contribution is 9.10. The van der Waals surface area contributed by atoms with E-state index in [0.29, 0.717) is 5.56 Å². The number of nitrogens with one attached hydrogen (secondary N) is 2. The van der Waals surface area contributed by atoms with Crippen molar-refractivity contribution in [3.63, 3.8) is 0 Å². The van der Waals surface area contributed by atoms with Crippen molar-refractivity contribution in [1.29, 1.82) is 0 Å². The van der Waals surface area contributed by atoms with Crippen LogP contribution in [0.3, 0.4) is 0 Å². The van der Waals surface area contributed by atoms with Crippen LogP contribution in [0.5, 0.6) is 0 Å². The number of carbonyl (C=O) groups is 1. The quantitative estimate of drug-likeness (QED) is 0.893. The Bertz CT molecular complexity index is 617. The molecule has 1 fully saturated rings. The van der Waals surface area contributed by atoms with E-state index in [0.717, 1.165) is 36.1 Å². The van der Waals surface area contributed by atoms with Crippen molar-refractivity contribution in [2.45, 2.75) is 18.9 Å². The van der Waals surface area contributed by atoms with Crippen molar-refractivity contribution in [2.75, 3.05) is 13.1 Å². The van der Waals surface area contributed by atoms with Crippen LogP contribution in [-0.2, 0) is 0 Å². The molecule has 2 N–H and O–H groups in total. The fourth-order valence-corrected chi connectivity index (χ4v) is 2.68. The molecule has 6 heteroatoms. The first-order valence-electron chi connectivity index (χ1n) is 7.04. The molecule has 0 saturated carbocycles. The molecule has 21 heavy (non-hydrogen) atoms. The van der Waals surface area contributed by atoms with Gasteiger partial charge in [0.2, 0.25) is 0 Å². The summed E-state index contributed by atoms with van der Waals surface area (Å²) in [5.74, 6) is -0.0629. The Morgan fingerprint density at radius 2 is 2.19 bits per heavy atom. The predicted octanol–water partition coefficient (Wildman–Crippen LogP) is 2.12. The second-order valence-corrected chi connectivity index (χ2v) is 6.08. The molecule has 0 spiro atoms. The molecule has 2 aromatic rings. The molecule has 3 rings (SSSR count). The van der Waals surface area contributed by atoms with E-state index in [1.165, 1.54) is 0 Å². The minimum absolute atomic E-state index is 0.0629. The lowest BCUT2D eigenvalue weighted by Crippen LogP contribution is -2.45. The Balaban J connectivity index is 1.69. The van der Waals surface area contributed by atoms with E-state index < -0.39 is 0 Å².